The van der Waals surface area contributed by atoms with Gasteiger partial charge in [-0.2, -0.15) is 0 Å². The highest BCUT2D eigenvalue weighted by atomic mass is 35.5. The average molecular weight is 422 g/mol. The van der Waals surface area contributed by atoms with E-state index in [1.54, 1.807) is 37.0 Å². The first-order chi connectivity index (χ1) is 13.8. The molecule has 0 atom stereocenters. The maximum atomic E-state index is 12.5. The van der Waals surface area contributed by atoms with Crippen LogP contribution in [-0.4, -0.2) is 73.0 Å². The van der Waals surface area contributed by atoms with Gasteiger partial charge in [0.15, 0.2) is 11.5 Å². The first-order valence-electron chi connectivity index (χ1n) is 9.51. The highest BCUT2D eigenvalue weighted by Crippen LogP contribution is 2.38. The van der Waals surface area contributed by atoms with Crippen LogP contribution < -0.4 is 14.8 Å². The summed E-state index contributed by atoms with van der Waals surface area (Å²) in [5.74, 6) is -0.275. The number of piperazine rings is 1. The molecule has 2 heterocycles. The highest BCUT2D eigenvalue weighted by molar-refractivity contribution is 6.35. The lowest BCUT2D eigenvalue weighted by atomic mass is 10.1. The average Bonchev–Trinajstić information content (AvgIpc) is 2.71. The van der Waals surface area contributed by atoms with Crippen LogP contribution in [0.3, 0.4) is 0 Å². The summed E-state index contributed by atoms with van der Waals surface area (Å²) in [5.41, 5.74) is 0.728. The van der Waals surface area contributed by atoms with Crippen LogP contribution in [0.5, 0.6) is 11.5 Å². The van der Waals surface area contributed by atoms with Gasteiger partial charge in [-0.3, -0.25) is 14.4 Å². The minimum atomic E-state index is -0.616. The van der Waals surface area contributed by atoms with E-state index in [0.717, 1.165) is 5.56 Å². The lowest BCUT2D eigenvalue weighted by Crippen LogP contribution is -2.54. The molecule has 0 aliphatic carbocycles. The van der Waals surface area contributed by atoms with E-state index < -0.39 is 11.8 Å². The summed E-state index contributed by atoms with van der Waals surface area (Å²) in [7, 11) is 0. The molecule has 0 aromatic heterocycles. The van der Waals surface area contributed by atoms with Gasteiger partial charge in [0.25, 0.3) is 0 Å². The van der Waals surface area contributed by atoms with Crippen LogP contribution in [0.1, 0.15) is 19.4 Å². The van der Waals surface area contributed by atoms with Crippen molar-refractivity contribution in [2.45, 2.75) is 19.9 Å². The molecule has 0 saturated carbocycles. The van der Waals surface area contributed by atoms with Crippen molar-refractivity contribution < 1.29 is 23.9 Å². The van der Waals surface area contributed by atoms with Crippen molar-refractivity contribution in [2.75, 3.05) is 39.4 Å². The Balaban J connectivity index is 1.55. The summed E-state index contributed by atoms with van der Waals surface area (Å²) >= 11 is 6.21. The van der Waals surface area contributed by atoms with Gasteiger partial charge in [0.2, 0.25) is 5.91 Å². The van der Waals surface area contributed by atoms with Crippen molar-refractivity contribution >= 4 is 35.4 Å². The zero-order valence-corrected chi connectivity index (χ0v) is 17.2. The Hall–Kier alpha value is -2.74. The van der Waals surface area contributed by atoms with Gasteiger partial charge in [-0.05, 0) is 37.6 Å². The third-order valence-corrected chi connectivity index (χ3v) is 4.81. The molecule has 1 aromatic rings. The first-order valence-corrected chi connectivity index (χ1v) is 9.89. The molecular formula is C20H24ClN3O5. The molecule has 0 radical (unpaired) electrons. The number of fused-ring (bicyclic) bond motifs is 1. The fraction of sp³-hybridized carbons (Fsp3) is 0.450. The van der Waals surface area contributed by atoms with Crippen LogP contribution in [0.2, 0.25) is 5.02 Å². The molecule has 8 nitrogen and oxygen atoms in total. The van der Waals surface area contributed by atoms with Crippen molar-refractivity contribution in [2.24, 2.45) is 0 Å². The van der Waals surface area contributed by atoms with Gasteiger partial charge in [0.05, 0.1) is 5.02 Å². The molecule has 0 unspecified atom stereocenters. The number of nitrogens with one attached hydrogen (secondary N) is 1. The van der Waals surface area contributed by atoms with Crippen LogP contribution in [0.4, 0.5) is 0 Å². The number of rotatable bonds is 3. The molecule has 1 saturated heterocycles. The van der Waals surface area contributed by atoms with E-state index in [0.29, 0.717) is 55.9 Å². The summed E-state index contributed by atoms with van der Waals surface area (Å²) in [6.45, 7) is 5.87. The third kappa shape index (κ3) is 5.20. The Morgan fingerprint density at radius 3 is 2.41 bits per heavy atom. The van der Waals surface area contributed by atoms with Crippen LogP contribution in [0.25, 0.3) is 6.08 Å². The van der Waals surface area contributed by atoms with E-state index in [4.69, 9.17) is 21.1 Å². The maximum absolute atomic E-state index is 12.5. The number of ether oxygens (including phenoxy) is 2. The Morgan fingerprint density at radius 1 is 1.07 bits per heavy atom. The molecule has 2 aliphatic heterocycles. The third-order valence-electron chi connectivity index (χ3n) is 4.53. The smallest absolute Gasteiger partial charge is 0.312 e. The number of carbonyl (C=O) groups is 3. The Kier molecular flexibility index (Phi) is 6.64. The largest absolute Gasteiger partial charge is 0.486 e. The molecule has 2 aliphatic rings. The van der Waals surface area contributed by atoms with Crippen molar-refractivity contribution in [1.82, 2.24) is 15.1 Å². The van der Waals surface area contributed by atoms with Crippen LogP contribution in [-0.2, 0) is 14.4 Å². The maximum Gasteiger partial charge on any atom is 0.312 e. The van der Waals surface area contributed by atoms with Crippen molar-refractivity contribution in [3.63, 3.8) is 0 Å². The van der Waals surface area contributed by atoms with E-state index in [1.807, 2.05) is 0 Å². The number of amides is 3. The Labute approximate surface area is 174 Å². The Morgan fingerprint density at radius 2 is 1.72 bits per heavy atom. The normalized spacial score (nSPS) is 16.3. The predicted octanol–water partition coefficient (Wildman–Crippen LogP) is 1.32. The number of nitrogens with zero attached hydrogens (tertiary/aromatic N) is 2. The van der Waals surface area contributed by atoms with E-state index in [2.05, 4.69) is 5.32 Å². The fourth-order valence-electron chi connectivity index (χ4n) is 3.10. The number of hydrogen-bond acceptors (Lipinski definition) is 5. The second-order valence-corrected chi connectivity index (χ2v) is 7.51. The van der Waals surface area contributed by atoms with Crippen molar-refractivity contribution in [3.8, 4) is 11.5 Å². The fourth-order valence-corrected chi connectivity index (χ4v) is 3.37. The molecule has 1 aromatic carbocycles. The first kappa shape index (κ1) is 21.0. The highest BCUT2D eigenvalue weighted by Gasteiger charge is 2.27. The lowest BCUT2D eigenvalue weighted by Gasteiger charge is -2.34. The Bertz CT molecular complexity index is 832. The van der Waals surface area contributed by atoms with Gasteiger partial charge in [-0.25, -0.2) is 0 Å². The molecule has 0 bridgehead atoms. The summed E-state index contributed by atoms with van der Waals surface area (Å²) in [6.07, 6.45) is 3.13. The van der Waals surface area contributed by atoms with Crippen LogP contribution in [0, 0.1) is 0 Å². The quantitative estimate of drug-likeness (QED) is 0.587. The van der Waals surface area contributed by atoms with Gasteiger partial charge >= 0.3 is 11.8 Å². The van der Waals surface area contributed by atoms with Gasteiger partial charge in [-0.1, -0.05) is 11.6 Å². The number of halogens is 1. The summed E-state index contributed by atoms with van der Waals surface area (Å²) in [4.78, 5) is 39.5. The zero-order valence-electron chi connectivity index (χ0n) is 16.4. The molecule has 3 rings (SSSR count). The standard InChI is InChI=1S/C20H24ClN3O5/c1-13(2)22-19(26)20(27)24-7-5-23(6-8-24)17(25)4-3-14-11-15(21)18-16(12-14)28-9-10-29-18/h3-4,11-13H,5-10H2,1-2H3,(H,22,26)/b4-3-. The summed E-state index contributed by atoms with van der Waals surface area (Å²) < 4.78 is 11.0. The lowest BCUT2D eigenvalue weighted by molar-refractivity contribution is -0.148. The molecule has 1 fully saturated rings. The van der Waals surface area contributed by atoms with Crippen LogP contribution >= 0.6 is 11.6 Å². The molecule has 156 valence electrons. The molecule has 1 N–H and O–H groups in total. The van der Waals surface area contributed by atoms with Crippen LogP contribution in [0.15, 0.2) is 18.2 Å². The van der Waals surface area contributed by atoms with Gasteiger partial charge in [0.1, 0.15) is 13.2 Å². The van der Waals surface area contributed by atoms with E-state index in [9.17, 15) is 14.4 Å². The van der Waals surface area contributed by atoms with E-state index in [1.165, 1.54) is 11.0 Å². The molecular weight excluding hydrogens is 398 g/mol. The molecule has 3 amide bonds. The zero-order chi connectivity index (χ0) is 21.0. The monoisotopic (exact) mass is 421 g/mol. The van der Waals surface area contributed by atoms with Gasteiger partial charge < -0.3 is 24.6 Å². The van der Waals surface area contributed by atoms with E-state index in [-0.39, 0.29) is 11.9 Å². The molecule has 29 heavy (non-hydrogen) atoms. The molecule has 0 spiro atoms. The van der Waals surface area contributed by atoms with E-state index >= 15 is 0 Å². The van der Waals surface area contributed by atoms with Gasteiger partial charge in [0, 0.05) is 38.3 Å². The number of hydrogen-bond donors (Lipinski definition) is 1. The molecule has 9 heteroatoms. The minimum Gasteiger partial charge on any atom is -0.486 e. The van der Waals surface area contributed by atoms with Crippen molar-refractivity contribution in [3.05, 3.63) is 28.8 Å². The second kappa shape index (κ2) is 9.17. The SMILES string of the molecule is CC(C)NC(=O)C(=O)N1CCN(C(=O)/C=C\c2cc(Cl)c3c(c2)OCCO3)CC1. The second-order valence-electron chi connectivity index (χ2n) is 7.11. The van der Waals surface area contributed by atoms with Crippen molar-refractivity contribution in [1.29, 1.82) is 0 Å². The predicted molar refractivity (Wildman–Crippen MR) is 108 cm³/mol. The topological polar surface area (TPSA) is 88.2 Å². The number of carbonyl (C=O) groups excluding carboxylic acids is 3. The summed E-state index contributed by atoms with van der Waals surface area (Å²) in [5, 5.41) is 3.02. The van der Waals surface area contributed by atoms with Gasteiger partial charge in [-0.15, -0.1) is 0 Å². The minimum absolute atomic E-state index is 0.103. The summed E-state index contributed by atoms with van der Waals surface area (Å²) in [6, 6.07) is 3.38. The number of benzene rings is 1.